The van der Waals surface area contributed by atoms with Crippen molar-refractivity contribution in [1.29, 1.82) is 0 Å². The minimum atomic E-state index is -0.566. The number of fused-ring (bicyclic) bond motifs is 1. The molecule has 1 saturated heterocycles. The zero-order chi connectivity index (χ0) is 21.4. The molecule has 31 heavy (non-hydrogen) atoms. The van der Waals surface area contributed by atoms with Crippen molar-refractivity contribution in [3.05, 3.63) is 53.8 Å². The SMILES string of the molecule is Nc1nc(NC[C@H]2CCCN2Cc2cc(F)cc(F)c2)nc2nc(-c3ccco3)nn12. The summed E-state index contributed by atoms with van der Waals surface area (Å²) < 4.78 is 33.7. The number of rotatable bonds is 6. The Balaban J connectivity index is 1.29. The van der Waals surface area contributed by atoms with Gasteiger partial charge in [0, 0.05) is 25.2 Å². The molecule has 3 aromatic heterocycles. The number of furan rings is 1. The summed E-state index contributed by atoms with van der Waals surface area (Å²) in [6, 6.07) is 7.28. The Morgan fingerprint density at radius 2 is 2.00 bits per heavy atom. The van der Waals surface area contributed by atoms with Crippen molar-refractivity contribution >= 4 is 17.7 Å². The predicted molar refractivity (Wildman–Crippen MR) is 109 cm³/mol. The molecule has 9 nitrogen and oxygen atoms in total. The lowest BCUT2D eigenvalue weighted by Gasteiger charge is -2.24. The van der Waals surface area contributed by atoms with Crippen molar-refractivity contribution in [2.24, 2.45) is 0 Å². The summed E-state index contributed by atoms with van der Waals surface area (Å²) in [7, 11) is 0. The number of nitrogen functional groups attached to an aromatic ring is 1. The van der Waals surface area contributed by atoms with E-state index in [-0.39, 0.29) is 12.0 Å². The Hall–Kier alpha value is -3.60. The number of anilines is 2. The molecule has 0 radical (unpaired) electrons. The molecular weight excluding hydrogens is 406 g/mol. The third-order valence-corrected chi connectivity index (χ3v) is 5.28. The van der Waals surface area contributed by atoms with Crippen LogP contribution in [0.15, 0.2) is 41.0 Å². The van der Waals surface area contributed by atoms with Gasteiger partial charge in [-0.15, -0.1) is 5.10 Å². The highest BCUT2D eigenvalue weighted by atomic mass is 19.1. The zero-order valence-corrected chi connectivity index (χ0v) is 16.5. The molecule has 0 amide bonds. The number of benzene rings is 1. The van der Waals surface area contributed by atoms with Crippen LogP contribution >= 0.6 is 0 Å². The Labute approximate surface area is 175 Å². The summed E-state index contributed by atoms with van der Waals surface area (Å²) in [5.41, 5.74) is 6.63. The number of aromatic nitrogens is 5. The molecule has 0 bridgehead atoms. The zero-order valence-electron chi connectivity index (χ0n) is 16.5. The summed E-state index contributed by atoms with van der Waals surface area (Å²) in [6.45, 7) is 1.88. The number of halogens is 2. The van der Waals surface area contributed by atoms with Gasteiger partial charge in [-0.1, -0.05) is 0 Å². The fraction of sp³-hybridized carbons (Fsp3) is 0.300. The van der Waals surface area contributed by atoms with Crippen molar-refractivity contribution in [2.45, 2.75) is 25.4 Å². The van der Waals surface area contributed by atoms with Crippen LogP contribution < -0.4 is 11.1 Å². The maximum Gasteiger partial charge on any atom is 0.259 e. The summed E-state index contributed by atoms with van der Waals surface area (Å²) >= 11 is 0. The van der Waals surface area contributed by atoms with Crippen molar-refractivity contribution in [2.75, 3.05) is 24.1 Å². The normalized spacial score (nSPS) is 16.9. The van der Waals surface area contributed by atoms with Gasteiger partial charge in [0.05, 0.1) is 6.26 Å². The molecule has 4 heterocycles. The smallest absolute Gasteiger partial charge is 0.259 e. The average Bonchev–Trinajstić information content (AvgIpc) is 3.46. The van der Waals surface area contributed by atoms with Gasteiger partial charge in [0.1, 0.15) is 11.6 Å². The molecule has 0 saturated carbocycles. The number of hydrogen-bond donors (Lipinski definition) is 2. The number of nitrogens with one attached hydrogen (secondary N) is 1. The van der Waals surface area contributed by atoms with E-state index in [2.05, 4.69) is 30.3 Å². The highest BCUT2D eigenvalue weighted by molar-refractivity contribution is 5.52. The van der Waals surface area contributed by atoms with Crippen LogP contribution in [0.1, 0.15) is 18.4 Å². The summed E-state index contributed by atoms with van der Waals surface area (Å²) in [4.78, 5) is 15.2. The predicted octanol–water partition coefficient (Wildman–Crippen LogP) is 2.72. The second kappa shape index (κ2) is 7.91. The lowest BCUT2D eigenvalue weighted by atomic mass is 10.1. The first-order valence-corrected chi connectivity index (χ1v) is 9.92. The van der Waals surface area contributed by atoms with Crippen LogP contribution in [0.2, 0.25) is 0 Å². The molecule has 5 rings (SSSR count). The lowest BCUT2D eigenvalue weighted by molar-refractivity contribution is 0.253. The summed E-state index contributed by atoms with van der Waals surface area (Å²) in [6.07, 6.45) is 3.49. The van der Waals surface area contributed by atoms with E-state index in [0.717, 1.165) is 25.5 Å². The first-order chi connectivity index (χ1) is 15.0. The van der Waals surface area contributed by atoms with Crippen molar-refractivity contribution < 1.29 is 13.2 Å². The van der Waals surface area contributed by atoms with E-state index in [1.165, 1.54) is 22.9 Å². The lowest BCUT2D eigenvalue weighted by Crippen LogP contribution is -2.34. The van der Waals surface area contributed by atoms with Crippen LogP contribution in [0.3, 0.4) is 0 Å². The minimum absolute atomic E-state index is 0.149. The molecule has 160 valence electrons. The van der Waals surface area contributed by atoms with Gasteiger partial charge < -0.3 is 15.5 Å². The van der Waals surface area contributed by atoms with Crippen LogP contribution in [0.4, 0.5) is 20.7 Å². The van der Waals surface area contributed by atoms with E-state index in [4.69, 9.17) is 10.2 Å². The van der Waals surface area contributed by atoms with E-state index >= 15 is 0 Å². The molecule has 3 N–H and O–H groups in total. The largest absolute Gasteiger partial charge is 0.461 e. The van der Waals surface area contributed by atoms with Crippen LogP contribution in [0.25, 0.3) is 17.4 Å². The van der Waals surface area contributed by atoms with Gasteiger partial charge in [-0.05, 0) is 49.2 Å². The molecule has 1 aliphatic rings. The van der Waals surface area contributed by atoms with Gasteiger partial charge in [0.2, 0.25) is 17.7 Å². The van der Waals surface area contributed by atoms with Crippen LogP contribution in [-0.4, -0.2) is 48.6 Å². The monoisotopic (exact) mass is 426 g/mol. The van der Waals surface area contributed by atoms with Gasteiger partial charge in [-0.3, -0.25) is 4.90 Å². The van der Waals surface area contributed by atoms with Crippen molar-refractivity contribution in [3.8, 4) is 11.6 Å². The minimum Gasteiger partial charge on any atom is -0.461 e. The first-order valence-electron chi connectivity index (χ1n) is 9.92. The third kappa shape index (κ3) is 4.04. The van der Waals surface area contributed by atoms with Gasteiger partial charge in [0.15, 0.2) is 5.76 Å². The van der Waals surface area contributed by atoms with Gasteiger partial charge >= 0.3 is 0 Å². The fourth-order valence-corrected chi connectivity index (χ4v) is 3.88. The molecule has 1 atom stereocenters. The summed E-state index contributed by atoms with van der Waals surface area (Å²) in [5.74, 6) is 0.539. The highest BCUT2D eigenvalue weighted by Crippen LogP contribution is 2.22. The molecule has 11 heteroatoms. The molecule has 0 aliphatic carbocycles. The van der Waals surface area contributed by atoms with E-state index in [0.29, 0.717) is 42.0 Å². The third-order valence-electron chi connectivity index (χ3n) is 5.28. The fourth-order valence-electron chi connectivity index (χ4n) is 3.88. The molecule has 0 unspecified atom stereocenters. The summed E-state index contributed by atoms with van der Waals surface area (Å²) in [5, 5.41) is 7.48. The van der Waals surface area contributed by atoms with Gasteiger partial charge in [-0.2, -0.15) is 19.5 Å². The molecule has 1 aromatic carbocycles. The topological polar surface area (TPSA) is 110 Å². The van der Waals surface area contributed by atoms with E-state index in [1.54, 1.807) is 12.1 Å². The molecule has 1 fully saturated rings. The Morgan fingerprint density at radius 1 is 1.16 bits per heavy atom. The average molecular weight is 426 g/mol. The van der Waals surface area contributed by atoms with Gasteiger partial charge in [-0.25, -0.2) is 8.78 Å². The van der Waals surface area contributed by atoms with Crippen molar-refractivity contribution in [3.63, 3.8) is 0 Å². The maximum absolute atomic E-state index is 13.5. The number of nitrogens with two attached hydrogens (primary N) is 1. The van der Waals surface area contributed by atoms with E-state index < -0.39 is 11.6 Å². The van der Waals surface area contributed by atoms with Crippen LogP contribution in [0, 0.1) is 11.6 Å². The second-order valence-electron chi connectivity index (χ2n) is 7.46. The van der Waals surface area contributed by atoms with E-state index in [9.17, 15) is 8.78 Å². The molecular formula is C20H20F2N8O. The number of hydrogen-bond acceptors (Lipinski definition) is 8. The quantitative estimate of drug-likeness (QED) is 0.484. The number of nitrogens with zero attached hydrogens (tertiary/aromatic N) is 6. The molecule has 0 spiro atoms. The maximum atomic E-state index is 13.5. The van der Waals surface area contributed by atoms with Crippen LogP contribution in [-0.2, 0) is 6.54 Å². The Kier molecular flexibility index (Phi) is 4.94. The van der Waals surface area contributed by atoms with Crippen LogP contribution in [0.5, 0.6) is 0 Å². The Morgan fingerprint density at radius 3 is 2.77 bits per heavy atom. The molecule has 4 aromatic rings. The second-order valence-corrected chi connectivity index (χ2v) is 7.46. The van der Waals surface area contributed by atoms with Gasteiger partial charge in [0.25, 0.3) is 5.78 Å². The van der Waals surface area contributed by atoms with Crippen molar-refractivity contribution in [1.82, 2.24) is 29.5 Å². The Bertz CT molecular complexity index is 1190. The van der Waals surface area contributed by atoms with E-state index in [1.807, 2.05) is 0 Å². The molecule has 1 aliphatic heterocycles. The number of likely N-dealkylation sites (tertiary alicyclic amines) is 1. The first kappa shape index (κ1) is 19.4. The standard InChI is InChI=1S/C20H20F2N8O/c21-13-7-12(8-14(22)9-13)11-29-5-1-3-15(29)10-24-19-26-18(23)30-20(27-19)25-17(28-30)16-4-2-6-31-16/h2,4,6-9,15H,1,3,5,10-11H2,(H3,23,24,25,26,27,28)/t15-/m1/s1. The highest BCUT2D eigenvalue weighted by Gasteiger charge is 2.25.